The molecule has 0 radical (unpaired) electrons. The second-order valence-electron chi connectivity index (χ2n) is 3.09. The quantitative estimate of drug-likeness (QED) is 0.760. The van der Waals surface area contributed by atoms with Gasteiger partial charge in [-0.05, 0) is 17.7 Å². The number of aromatic nitrogens is 3. The molecule has 0 spiro atoms. The van der Waals surface area contributed by atoms with Crippen LogP contribution in [0.2, 0.25) is 0 Å². The summed E-state index contributed by atoms with van der Waals surface area (Å²) in [7, 11) is 1.88. The van der Waals surface area contributed by atoms with Gasteiger partial charge >= 0.3 is 0 Å². The molecule has 0 unspecified atom stereocenters. The van der Waals surface area contributed by atoms with E-state index in [1.807, 2.05) is 25.4 Å². The number of rotatable bonds is 2. The first-order chi connectivity index (χ1) is 6.79. The van der Waals surface area contributed by atoms with E-state index < -0.39 is 0 Å². The molecule has 0 aliphatic heterocycles. The Hall–Kier alpha value is -1.06. The molecule has 0 atom stereocenters. The molecule has 0 fully saturated rings. The summed E-state index contributed by atoms with van der Waals surface area (Å²) in [6.45, 7) is 0. The van der Waals surface area contributed by atoms with Gasteiger partial charge in [-0.1, -0.05) is 0 Å². The molecule has 0 aliphatic carbocycles. The van der Waals surface area contributed by atoms with E-state index in [1.54, 1.807) is 17.1 Å². The molecule has 0 aliphatic rings. The van der Waals surface area contributed by atoms with Crippen LogP contribution in [0.4, 0.5) is 0 Å². The first-order valence-electron chi connectivity index (χ1n) is 4.29. The molecule has 5 heteroatoms. The highest BCUT2D eigenvalue weighted by molar-refractivity contribution is 6.17. The monoisotopic (exact) mass is 243 g/mol. The van der Waals surface area contributed by atoms with Crippen LogP contribution < -0.4 is 0 Å². The van der Waals surface area contributed by atoms with Gasteiger partial charge in [-0.3, -0.25) is 9.67 Å². The van der Waals surface area contributed by atoms with Crippen molar-refractivity contribution in [3.05, 3.63) is 36.3 Å². The lowest BCUT2D eigenvalue weighted by Crippen LogP contribution is -1.86. The van der Waals surface area contributed by atoms with Gasteiger partial charge in [-0.25, -0.2) is 0 Å². The summed E-state index contributed by atoms with van der Waals surface area (Å²) < 4.78 is 1.75. The van der Waals surface area contributed by atoms with Gasteiger partial charge in [0, 0.05) is 30.9 Å². The fraction of sp³-hybridized carbons (Fsp3) is 0.200. The van der Waals surface area contributed by atoms with E-state index >= 15 is 0 Å². The van der Waals surface area contributed by atoms with Crippen molar-refractivity contribution in [2.24, 2.45) is 7.05 Å². The molecule has 2 heterocycles. The highest BCUT2D eigenvalue weighted by Gasteiger charge is 2.02. The Morgan fingerprint density at radius 3 is 2.87 bits per heavy atom. The molecule has 80 valence electrons. The van der Waals surface area contributed by atoms with Gasteiger partial charge in [-0.2, -0.15) is 5.10 Å². The zero-order chi connectivity index (χ0) is 9.97. The molecule has 0 amide bonds. The van der Waals surface area contributed by atoms with Crippen LogP contribution in [0.3, 0.4) is 0 Å². The van der Waals surface area contributed by atoms with E-state index in [0.717, 1.165) is 16.8 Å². The summed E-state index contributed by atoms with van der Waals surface area (Å²) in [5.74, 6) is 0.510. The van der Waals surface area contributed by atoms with Crippen LogP contribution in [0.25, 0.3) is 11.3 Å². The standard InChI is InChI=1S/C10H10ClN3.ClH/c1-14-7-9(6-13-14)10-4-8(5-11)2-3-12-10;/h2-4,6-7H,5H2,1H3;1H. The largest absolute Gasteiger partial charge is 0.275 e. The van der Waals surface area contributed by atoms with E-state index in [0.29, 0.717) is 5.88 Å². The minimum atomic E-state index is 0. The lowest BCUT2D eigenvalue weighted by atomic mass is 10.2. The Labute approximate surface area is 99.5 Å². The second kappa shape index (κ2) is 5.14. The molecule has 0 bridgehead atoms. The first kappa shape index (κ1) is 12.0. The third-order valence-corrected chi connectivity index (χ3v) is 2.29. The average molecular weight is 244 g/mol. The van der Waals surface area contributed by atoms with Crippen molar-refractivity contribution in [3.63, 3.8) is 0 Å². The van der Waals surface area contributed by atoms with Crippen LogP contribution in [-0.4, -0.2) is 14.8 Å². The fourth-order valence-corrected chi connectivity index (χ4v) is 1.44. The van der Waals surface area contributed by atoms with E-state index in [1.165, 1.54) is 0 Å². The average Bonchev–Trinajstić information content (AvgIpc) is 2.65. The van der Waals surface area contributed by atoms with Gasteiger partial charge in [-0.15, -0.1) is 24.0 Å². The van der Waals surface area contributed by atoms with Crippen LogP contribution in [0.5, 0.6) is 0 Å². The number of hydrogen-bond acceptors (Lipinski definition) is 2. The molecule has 15 heavy (non-hydrogen) atoms. The molecule has 0 saturated carbocycles. The maximum atomic E-state index is 5.74. The Balaban J connectivity index is 0.00000112. The Kier molecular flexibility index (Phi) is 4.12. The van der Waals surface area contributed by atoms with Gasteiger partial charge < -0.3 is 0 Å². The number of nitrogens with zero attached hydrogens (tertiary/aromatic N) is 3. The highest BCUT2D eigenvalue weighted by atomic mass is 35.5. The topological polar surface area (TPSA) is 30.7 Å². The number of aryl methyl sites for hydroxylation is 1. The molecule has 2 aromatic rings. The van der Waals surface area contributed by atoms with Crippen molar-refractivity contribution >= 4 is 24.0 Å². The molecule has 2 rings (SSSR count). The molecule has 0 aromatic carbocycles. The smallest absolute Gasteiger partial charge is 0.0736 e. The Morgan fingerprint density at radius 2 is 2.27 bits per heavy atom. The fourth-order valence-electron chi connectivity index (χ4n) is 1.27. The zero-order valence-electron chi connectivity index (χ0n) is 8.22. The number of alkyl halides is 1. The molecular weight excluding hydrogens is 233 g/mol. The molecule has 2 aromatic heterocycles. The zero-order valence-corrected chi connectivity index (χ0v) is 9.79. The number of halogens is 2. The molecular formula is C10H11Cl2N3. The first-order valence-corrected chi connectivity index (χ1v) is 4.83. The van der Waals surface area contributed by atoms with Gasteiger partial charge in [0.25, 0.3) is 0 Å². The number of hydrogen-bond donors (Lipinski definition) is 0. The van der Waals surface area contributed by atoms with E-state index in [9.17, 15) is 0 Å². The van der Waals surface area contributed by atoms with Crippen LogP contribution in [0.15, 0.2) is 30.7 Å². The second-order valence-corrected chi connectivity index (χ2v) is 3.35. The van der Waals surface area contributed by atoms with Crippen molar-refractivity contribution in [1.82, 2.24) is 14.8 Å². The lowest BCUT2D eigenvalue weighted by Gasteiger charge is -1.98. The predicted molar refractivity (Wildman–Crippen MR) is 63.2 cm³/mol. The van der Waals surface area contributed by atoms with Crippen molar-refractivity contribution in [2.45, 2.75) is 5.88 Å². The predicted octanol–water partition coefficient (Wildman–Crippen LogP) is 2.64. The number of pyridine rings is 1. The van der Waals surface area contributed by atoms with Crippen molar-refractivity contribution in [3.8, 4) is 11.3 Å². The third kappa shape index (κ3) is 2.70. The van der Waals surface area contributed by atoms with Crippen LogP contribution in [-0.2, 0) is 12.9 Å². The van der Waals surface area contributed by atoms with Crippen molar-refractivity contribution < 1.29 is 0 Å². The van der Waals surface area contributed by atoms with Crippen molar-refractivity contribution in [2.75, 3.05) is 0 Å². The maximum absolute atomic E-state index is 5.74. The minimum absolute atomic E-state index is 0. The van der Waals surface area contributed by atoms with Gasteiger partial charge in [0.2, 0.25) is 0 Å². The summed E-state index contributed by atoms with van der Waals surface area (Å²) >= 11 is 5.74. The van der Waals surface area contributed by atoms with Crippen molar-refractivity contribution in [1.29, 1.82) is 0 Å². The maximum Gasteiger partial charge on any atom is 0.0736 e. The molecule has 0 saturated heterocycles. The normalized spacial score (nSPS) is 9.73. The van der Waals surface area contributed by atoms with Crippen LogP contribution in [0, 0.1) is 0 Å². The van der Waals surface area contributed by atoms with Gasteiger partial charge in [0.15, 0.2) is 0 Å². The Bertz CT molecular complexity index is 440. The summed E-state index contributed by atoms with van der Waals surface area (Å²) in [5, 5.41) is 4.09. The lowest BCUT2D eigenvalue weighted by molar-refractivity contribution is 0.768. The molecule has 3 nitrogen and oxygen atoms in total. The van der Waals surface area contributed by atoms with Crippen LogP contribution >= 0.6 is 24.0 Å². The van der Waals surface area contributed by atoms with Crippen LogP contribution in [0.1, 0.15) is 5.56 Å². The summed E-state index contributed by atoms with van der Waals surface area (Å²) in [6, 6.07) is 3.89. The molecule has 0 N–H and O–H groups in total. The Morgan fingerprint density at radius 1 is 1.47 bits per heavy atom. The van der Waals surface area contributed by atoms with Gasteiger partial charge in [0.1, 0.15) is 0 Å². The summed E-state index contributed by atoms with van der Waals surface area (Å²) in [4.78, 5) is 4.26. The summed E-state index contributed by atoms with van der Waals surface area (Å²) in [6.07, 6.45) is 5.49. The van der Waals surface area contributed by atoms with E-state index in [4.69, 9.17) is 11.6 Å². The summed E-state index contributed by atoms with van der Waals surface area (Å²) in [5.41, 5.74) is 3.00. The van der Waals surface area contributed by atoms with E-state index in [-0.39, 0.29) is 12.4 Å². The van der Waals surface area contributed by atoms with Gasteiger partial charge in [0.05, 0.1) is 11.9 Å². The van der Waals surface area contributed by atoms with E-state index in [2.05, 4.69) is 10.1 Å². The minimum Gasteiger partial charge on any atom is -0.275 e. The third-order valence-electron chi connectivity index (χ3n) is 1.98. The highest BCUT2D eigenvalue weighted by Crippen LogP contribution is 2.17. The SMILES string of the molecule is Cl.Cn1cc(-c2cc(CCl)ccn2)cn1.